The maximum absolute atomic E-state index is 11.0. The summed E-state index contributed by atoms with van der Waals surface area (Å²) >= 11 is 0. The average molecular weight is 189 g/mol. The van der Waals surface area contributed by atoms with Crippen LogP contribution in [-0.4, -0.2) is 45.8 Å². The average Bonchev–Trinajstić information content (AvgIpc) is 2.13. The van der Waals surface area contributed by atoms with E-state index >= 15 is 0 Å². The molecule has 0 aliphatic heterocycles. The van der Waals surface area contributed by atoms with Gasteiger partial charge in [0.25, 0.3) is 0 Å². The molecule has 78 valence electrons. The molecule has 0 aliphatic carbocycles. The molecule has 0 aliphatic rings. The van der Waals surface area contributed by atoms with Gasteiger partial charge in [0.1, 0.15) is 0 Å². The monoisotopic (exact) mass is 189 g/mol. The van der Waals surface area contributed by atoms with Crippen molar-refractivity contribution in [2.75, 3.05) is 39.9 Å². The molecule has 5 heteroatoms. The zero-order valence-corrected chi connectivity index (χ0v) is 8.14. The number of carbonyl (C=O) groups excluding carboxylic acids is 1. The van der Waals surface area contributed by atoms with Crippen molar-refractivity contribution in [2.24, 2.45) is 5.73 Å². The van der Waals surface area contributed by atoms with Gasteiger partial charge < -0.3 is 21.1 Å². The van der Waals surface area contributed by atoms with Gasteiger partial charge in [-0.3, -0.25) is 4.79 Å². The standard InChI is InChI=1S/C8H19N3O2/c1-13-6-5-10-7-8(12)11-4-2-3-9/h10H,2-7,9H2,1H3,(H,11,12). The number of nitrogens with two attached hydrogens (primary N) is 1. The number of nitrogens with one attached hydrogen (secondary N) is 2. The van der Waals surface area contributed by atoms with E-state index in [-0.39, 0.29) is 5.91 Å². The number of amides is 1. The number of rotatable bonds is 8. The molecule has 0 atom stereocenters. The molecule has 0 unspecified atom stereocenters. The van der Waals surface area contributed by atoms with Gasteiger partial charge in [0.2, 0.25) is 5.91 Å². The Kier molecular flexibility index (Phi) is 8.97. The molecule has 1 amide bonds. The van der Waals surface area contributed by atoms with E-state index in [0.29, 0.717) is 32.8 Å². The maximum atomic E-state index is 11.0. The molecule has 0 aromatic carbocycles. The first kappa shape index (κ1) is 12.3. The van der Waals surface area contributed by atoms with E-state index in [2.05, 4.69) is 10.6 Å². The zero-order valence-electron chi connectivity index (χ0n) is 8.14. The quantitative estimate of drug-likeness (QED) is 0.414. The summed E-state index contributed by atoms with van der Waals surface area (Å²) in [7, 11) is 1.63. The number of hydrogen-bond acceptors (Lipinski definition) is 4. The molecule has 4 N–H and O–H groups in total. The lowest BCUT2D eigenvalue weighted by atomic mass is 10.4. The topological polar surface area (TPSA) is 76.4 Å². The third kappa shape index (κ3) is 9.26. The fourth-order valence-corrected chi connectivity index (χ4v) is 0.769. The molecule has 0 saturated carbocycles. The summed E-state index contributed by atoms with van der Waals surface area (Å²) in [6.07, 6.45) is 0.823. The van der Waals surface area contributed by atoms with Gasteiger partial charge in [0.05, 0.1) is 13.2 Å². The van der Waals surface area contributed by atoms with Crippen LogP contribution in [0.3, 0.4) is 0 Å². The summed E-state index contributed by atoms with van der Waals surface area (Å²) in [6.45, 7) is 2.92. The maximum Gasteiger partial charge on any atom is 0.233 e. The number of carbonyl (C=O) groups is 1. The molecular formula is C8H19N3O2. The van der Waals surface area contributed by atoms with Crippen LogP contribution in [0.2, 0.25) is 0 Å². The van der Waals surface area contributed by atoms with E-state index < -0.39 is 0 Å². The first-order valence-corrected chi connectivity index (χ1v) is 4.47. The second-order valence-corrected chi connectivity index (χ2v) is 2.66. The molecule has 0 radical (unpaired) electrons. The first-order chi connectivity index (χ1) is 6.31. The van der Waals surface area contributed by atoms with Crippen LogP contribution in [-0.2, 0) is 9.53 Å². The van der Waals surface area contributed by atoms with Crippen LogP contribution in [0.25, 0.3) is 0 Å². The minimum absolute atomic E-state index is 0.00422. The van der Waals surface area contributed by atoms with Crippen LogP contribution in [0.4, 0.5) is 0 Å². The van der Waals surface area contributed by atoms with Crippen LogP contribution in [0.15, 0.2) is 0 Å². The van der Waals surface area contributed by atoms with Crippen molar-refractivity contribution >= 4 is 5.91 Å². The molecule has 0 spiro atoms. The molecule has 0 bridgehead atoms. The fraction of sp³-hybridized carbons (Fsp3) is 0.875. The Morgan fingerprint density at radius 1 is 1.46 bits per heavy atom. The SMILES string of the molecule is COCCNCC(=O)NCCCN. The van der Waals surface area contributed by atoms with E-state index in [4.69, 9.17) is 10.5 Å². The molecule has 0 saturated heterocycles. The van der Waals surface area contributed by atoms with E-state index in [1.54, 1.807) is 7.11 Å². The largest absolute Gasteiger partial charge is 0.383 e. The lowest BCUT2D eigenvalue weighted by Crippen LogP contribution is -2.36. The third-order valence-corrected chi connectivity index (χ3v) is 1.47. The lowest BCUT2D eigenvalue weighted by molar-refractivity contribution is -0.120. The predicted octanol–water partition coefficient (Wildman–Crippen LogP) is -1.31. The lowest BCUT2D eigenvalue weighted by Gasteiger charge is -2.05. The summed E-state index contributed by atoms with van der Waals surface area (Å²) < 4.78 is 4.81. The molecule has 0 fully saturated rings. The highest BCUT2D eigenvalue weighted by atomic mass is 16.5. The number of hydrogen-bond donors (Lipinski definition) is 3. The summed E-state index contributed by atoms with van der Waals surface area (Å²) in [4.78, 5) is 11.0. The highest BCUT2D eigenvalue weighted by molar-refractivity contribution is 5.77. The predicted molar refractivity (Wildman–Crippen MR) is 51.4 cm³/mol. The smallest absolute Gasteiger partial charge is 0.233 e. The van der Waals surface area contributed by atoms with Crippen molar-refractivity contribution < 1.29 is 9.53 Å². The Morgan fingerprint density at radius 2 is 2.23 bits per heavy atom. The molecule has 13 heavy (non-hydrogen) atoms. The Morgan fingerprint density at radius 3 is 2.85 bits per heavy atom. The van der Waals surface area contributed by atoms with Crippen LogP contribution < -0.4 is 16.4 Å². The van der Waals surface area contributed by atoms with Gasteiger partial charge in [-0.25, -0.2) is 0 Å². The van der Waals surface area contributed by atoms with E-state index in [0.717, 1.165) is 6.42 Å². The Bertz CT molecular complexity index is 131. The van der Waals surface area contributed by atoms with Crippen LogP contribution in [0.5, 0.6) is 0 Å². The van der Waals surface area contributed by atoms with Crippen molar-refractivity contribution in [1.82, 2.24) is 10.6 Å². The van der Waals surface area contributed by atoms with Crippen molar-refractivity contribution in [3.8, 4) is 0 Å². The van der Waals surface area contributed by atoms with Gasteiger partial charge in [-0.05, 0) is 13.0 Å². The molecule has 0 aromatic rings. The van der Waals surface area contributed by atoms with Crippen molar-refractivity contribution in [3.05, 3.63) is 0 Å². The summed E-state index contributed by atoms with van der Waals surface area (Å²) in [5.41, 5.74) is 5.27. The summed E-state index contributed by atoms with van der Waals surface area (Å²) in [6, 6.07) is 0. The van der Waals surface area contributed by atoms with Gasteiger partial charge in [-0.2, -0.15) is 0 Å². The Labute approximate surface area is 79.0 Å². The van der Waals surface area contributed by atoms with Gasteiger partial charge >= 0.3 is 0 Å². The molecule has 5 nitrogen and oxygen atoms in total. The normalized spacial score (nSPS) is 10.0. The zero-order chi connectivity index (χ0) is 9.94. The second kappa shape index (κ2) is 9.44. The van der Waals surface area contributed by atoms with Crippen LogP contribution in [0.1, 0.15) is 6.42 Å². The molecule has 0 rings (SSSR count). The van der Waals surface area contributed by atoms with Crippen LogP contribution >= 0.6 is 0 Å². The van der Waals surface area contributed by atoms with Gasteiger partial charge in [-0.15, -0.1) is 0 Å². The number of ether oxygens (including phenoxy) is 1. The second-order valence-electron chi connectivity index (χ2n) is 2.66. The van der Waals surface area contributed by atoms with Crippen molar-refractivity contribution in [1.29, 1.82) is 0 Å². The number of methoxy groups -OCH3 is 1. The van der Waals surface area contributed by atoms with E-state index in [1.165, 1.54) is 0 Å². The molecule has 0 heterocycles. The van der Waals surface area contributed by atoms with Crippen molar-refractivity contribution in [2.45, 2.75) is 6.42 Å². The Hall–Kier alpha value is -0.650. The summed E-state index contributed by atoms with van der Waals surface area (Å²) in [5.74, 6) is 0.00422. The minimum atomic E-state index is 0.00422. The van der Waals surface area contributed by atoms with E-state index in [9.17, 15) is 4.79 Å². The van der Waals surface area contributed by atoms with Gasteiger partial charge in [-0.1, -0.05) is 0 Å². The molecular weight excluding hydrogens is 170 g/mol. The highest BCUT2D eigenvalue weighted by Crippen LogP contribution is 1.71. The van der Waals surface area contributed by atoms with E-state index in [1.807, 2.05) is 0 Å². The highest BCUT2D eigenvalue weighted by Gasteiger charge is 1.97. The van der Waals surface area contributed by atoms with Crippen LogP contribution in [0, 0.1) is 0 Å². The third-order valence-electron chi connectivity index (χ3n) is 1.47. The minimum Gasteiger partial charge on any atom is -0.383 e. The molecule has 0 aromatic heterocycles. The Balaban J connectivity index is 3.11. The fourth-order valence-electron chi connectivity index (χ4n) is 0.769. The first-order valence-electron chi connectivity index (χ1n) is 4.47. The van der Waals surface area contributed by atoms with Gasteiger partial charge in [0, 0.05) is 20.2 Å². The van der Waals surface area contributed by atoms with Gasteiger partial charge in [0.15, 0.2) is 0 Å². The summed E-state index contributed by atoms with van der Waals surface area (Å²) in [5, 5.41) is 5.68. The van der Waals surface area contributed by atoms with Crippen molar-refractivity contribution in [3.63, 3.8) is 0 Å².